The van der Waals surface area contributed by atoms with Crippen LogP contribution in [-0.4, -0.2) is 66.1 Å². The minimum Gasteiger partial charge on any atom is -0.378 e. The van der Waals surface area contributed by atoms with Crippen LogP contribution in [0.25, 0.3) is 0 Å². The number of carbonyl (C=O) groups excluding carboxylic acids is 1. The minimum atomic E-state index is -0.0853. The number of piperidine rings is 1. The zero-order chi connectivity index (χ0) is 18.5. The number of hydrogen-bond acceptors (Lipinski definition) is 5. The Morgan fingerprint density at radius 3 is 2.77 bits per heavy atom. The first-order chi connectivity index (χ1) is 12.6. The van der Waals surface area contributed by atoms with Crippen molar-refractivity contribution >= 4 is 11.8 Å². The highest BCUT2D eigenvalue weighted by Gasteiger charge is 2.26. The topological polar surface area (TPSA) is 79.7 Å². The summed E-state index contributed by atoms with van der Waals surface area (Å²) in [5.74, 6) is 0.809. The van der Waals surface area contributed by atoms with Gasteiger partial charge in [-0.05, 0) is 39.2 Å². The molecule has 2 aliphatic heterocycles. The number of morpholine rings is 1. The summed E-state index contributed by atoms with van der Waals surface area (Å²) in [6.45, 7) is 7.86. The molecular weight excluding hydrogens is 334 g/mol. The lowest BCUT2D eigenvalue weighted by Crippen LogP contribution is -2.52. The monoisotopic (exact) mass is 363 g/mol. The van der Waals surface area contributed by atoms with E-state index < -0.39 is 0 Å². The number of amides is 2. The third-order valence-corrected chi connectivity index (χ3v) is 5.01. The Balaban J connectivity index is 1.67. The van der Waals surface area contributed by atoms with Gasteiger partial charge in [0.1, 0.15) is 5.82 Å². The molecule has 1 N–H and O–H groups in total. The third-order valence-electron chi connectivity index (χ3n) is 5.01. The molecule has 2 aliphatic rings. The van der Waals surface area contributed by atoms with Gasteiger partial charge in [0.25, 0.3) is 5.56 Å². The number of urea groups is 1. The van der Waals surface area contributed by atoms with Crippen LogP contribution in [0.4, 0.5) is 10.6 Å². The van der Waals surface area contributed by atoms with Gasteiger partial charge in [0.15, 0.2) is 0 Å². The predicted octanol–water partition coefficient (Wildman–Crippen LogP) is 1.22. The van der Waals surface area contributed by atoms with Crippen molar-refractivity contribution in [2.24, 2.45) is 0 Å². The maximum absolute atomic E-state index is 12.4. The van der Waals surface area contributed by atoms with Gasteiger partial charge in [-0.25, -0.2) is 9.48 Å². The van der Waals surface area contributed by atoms with Crippen molar-refractivity contribution in [1.29, 1.82) is 0 Å². The second-order valence-corrected chi connectivity index (χ2v) is 7.20. The fraction of sp³-hybridized carbons (Fsp3) is 0.722. The molecule has 26 heavy (non-hydrogen) atoms. The van der Waals surface area contributed by atoms with Crippen molar-refractivity contribution in [3.63, 3.8) is 0 Å². The number of rotatable bonds is 4. The van der Waals surface area contributed by atoms with E-state index in [2.05, 4.69) is 15.3 Å². The predicted molar refractivity (Wildman–Crippen MR) is 99.7 cm³/mol. The molecule has 0 radical (unpaired) electrons. The Morgan fingerprint density at radius 1 is 1.27 bits per heavy atom. The van der Waals surface area contributed by atoms with Crippen molar-refractivity contribution < 1.29 is 9.53 Å². The molecule has 144 valence electrons. The Hall–Kier alpha value is -2.09. The number of hydrogen-bond donors (Lipinski definition) is 1. The van der Waals surface area contributed by atoms with Crippen LogP contribution in [0.1, 0.15) is 39.2 Å². The van der Waals surface area contributed by atoms with Gasteiger partial charge in [0.2, 0.25) is 0 Å². The fourth-order valence-electron chi connectivity index (χ4n) is 3.54. The smallest absolute Gasteiger partial charge is 0.317 e. The molecule has 1 aromatic heterocycles. The number of nitrogens with one attached hydrogen (secondary N) is 1. The maximum atomic E-state index is 12.4. The normalized spacial score (nSPS) is 21.1. The molecule has 2 fully saturated rings. The van der Waals surface area contributed by atoms with E-state index in [1.807, 2.05) is 13.8 Å². The van der Waals surface area contributed by atoms with Gasteiger partial charge < -0.3 is 19.9 Å². The zero-order valence-corrected chi connectivity index (χ0v) is 15.7. The lowest BCUT2D eigenvalue weighted by Gasteiger charge is -2.37. The molecule has 1 aromatic rings. The molecule has 1 unspecified atom stereocenters. The summed E-state index contributed by atoms with van der Waals surface area (Å²) in [5, 5.41) is 7.62. The summed E-state index contributed by atoms with van der Waals surface area (Å²) < 4.78 is 6.81. The van der Waals surface area contributed by atoms with Gasteiger partial charge in [0, 0.05) is 38.3 Å². The number of carbonyl (C=O) groups is 1. The molecule has 0 saturated carbocycles. The van der Waals surface area contributed by atoms with Gasteiger partial charge in [-0.3, -0.25) is 4.79 Å². The second-order valence-electron chi connectivity index (χ2n) is 7.20. The summed E-state index contributed by atoms with van der Waals surface area (Å²) in [5.41, 5.74) is -0.0853. The second kappa shape index (κ2) is 8.53. The first-order valence-corrected chi connectivity index (χ1v) is 9.53. The van der Waals surface area contributed by atoms with Crippen molar-refractivity contribution in [3.8, 4) is 0 Å². The molecule has 0 aliphatic carbocycles. The average Bonchev–Trinajstić information content (AvgIpc) is 2.67. The molecule has 3 rings (SSSR count). The molecule has 8 nitrogen and oxygen atoms in total. The molecule has 0 bridgehead atoms. The van der Waals surface area contributed by atoms with E-state index in [9.17, 15) is 9.59 Å². The number of aromatic nitrogens is 2. The maximum Gasteiger partial charge on any atom is 0.317 e. The molecule has 2 amide bonds. The van der Waals surface area contributed by atoms with Gasteiger partial charge in [-0.15, -0.1) is 0 Å². The standard InChI is InChI=1S/C18H29N5O3/c1-14(2)23-17(24)7-6-16(20-23)22-8-4-3-5-15(22)13-19-18(25)21-9-11-26-12-10-21/h6-7,14-15H,3-5,8-13H2,1-2H3,(H,19,25). The quantitative estimate of drug-likeness (QED) is 0.870. The number of anilines is 1. The van der Waals surface area contributed by atoms with Gasteiger partial charge in [0.05, 0.1) is 19.3 Å². The van der Waals surface area contributed by atoms with E-state index in [0.29, 0.717) is 32.8 Å². The van der Waals surface area contributed by atoms with E-state index in [0.717, 1.165) is 31.6 Å². The fourth-order valence-corrected chi connectivity index (χ4v) is 3.54. The van der Waals surface area contributed by atoms with Crippen LogP contribution in [0.15, 0.2) is 16.9 Å². The average molecular weight is 363 g/mol. The summed E-state index contributed by atoms with van der Waals surface area (Å²) in [6.07, 6.45) is 3.24. The molecule has 1 atom stereocenters. The first kappa shape index (κ1) is 18.7. The van der Waals surface area contributed by atoms with Crippen molar-refractivity contribution in [3.05, 3.63) is 22.5 Å². The van der Waals surface area contributed by atoms with E-state index in [-0.39, 0.29) is 23.7 Å². The number of ether oxygens (including phenoxy) is 1. The molecular formula is C18H29N5O3. The highest BCUT2D eigenvalue weighted by molar-refractivity contribution is 5.74. The number of nitrogens with zero attached hydrogens (tertiary/aromatic N) is 4. The Morgan fingerprint density at radius 2 is 2.04 bits per heavy atom. The lowest BCUT2D eigenvalue weighted by molar-refractivity contribution is 0.0531. The SMILES string of the molecule is CC(C)n1nc(N2CCCCC2CNC(=O)N2CCOCC2)ccc1=O. The van der Waals surface area contributed by atoms with Crippen LogP contribution in [0.2, 0.25) is 0 Å². The highest BCUT2D eigenvalue weighted by Crippen LogP contribution is 2.22. The van der Waals surface area contributed by atoms with E-state index in [1.165, 1.54) is 4.68 Å². The highest BCUT2D eigenvalue weighted by atomic mass is 16.5. The van der Waals surface area contributed by atoms with Crippen LogP contribution in [0.5, 0.6) is 0 Å². The zero-order valence-electron chi connectivity index (χ0n) is 15.7. The van der Waals surface area contributed by atoms with Crippen LogP contribution in [-0.2, 0) is 4.74 Å². The van der Waals surface area contributed by atoms with Crippen molar-refractivity contribution in [2.75, 3.05) is 44.3 Å². The van der Waals surface area contributed by atoms with E-state index >= 15 is 0 Å². The molecule has 0 spiro atoms. The van der Waals surface area contributed by atoms with Gasteiger partial charge in [-0.2, -0.15) is 5.10 Å². The Labute approximate surface area is 154 Å². The van der Waals surface area contributed by atoms with E-state index in [4.69, 9.17) is 4.74 Å². The van der Waals surface area contributed by atoms with Gasteiger partial charge in [-0.1, -0.05) is 0 Å². The Kier molecular flexibility index (Phi) is 6.13. The minimum absolute atomic E-state index is 0.0201. The van der Waals surface area contributed by atoms with Crippen LogP contribution in [0.3, 0.4) is 0 Å². The summed E-state index contributed by atoms with van der Waals surface area (Å²) in [6, 6.07) is 3.56. The summed E-state index contributed by atoms with van der Waals surface area (Å²) in [7, 11) is 0. The van der Waals surface area contributed by atoms with Crippen molar-refractivity contribution in [2.45, 2.75) is 45.2 Å². The summed E-state index contributed by atoms with van der Waals surface area (Å²) >= 11 is 0. The Bertz CT molecular complexity index is 669. The van der Waals surface area contributed by atoms with Crippen molar-refractivity contribution in [1.82, 2.24) is 20.0 Å². The summed E-state index contributed by atoms with van der Waals surface area (Å²) in [4.78, 5) is 28.4. The molecule has 3 heterocycles. The van der Waals surface area contributed by atoms with Gasteiger partial charge >= 0.3 is 6.03 Å². The largest absolute Gasteiger partial charge is 0.378 e. The van der Waals surface area contributed by atoms with E-state index in [1.54, 1.807) is 17.0 Å². The molecule has 0 aromatic carbocycles. The van der Waals surface area contributed by atoms with Crippen LogP contribution < -0.4 is 15.8 Å². The van der Waals surface area contributed by atoms with Crippen LogP contribution >= 0.6 is 0 Å². The lowest BCUT2D eigenvalue weighted by atomic mass is 10.0. The molecule has 8 heteroatoms. The first-order valence-electron chi connectivity index (χ1n) is 9.53. The molecule has 2 saturated heterocycles. The van der Waals surface area contributed by atoms with Crippen LogP contribution in [0, 0.1) is 0 Å². The third kappa shape index (κ3) is 4.35.